The highest BCUT2D eigenvalue weighted by Crippen LogP contribution is 2.32. The van der Waals surface area contributed by atoms with Crippen molar-refractivity contribution < 1.29 is 28.8 Å². The lowest BCUT2D eigenvalue weighted by molar-refractivity contribution is -0.138. The predicted molar refractivity (Wildman–Crippen MR) is 114 cm³/mol. The van der Waals surface area contributed by atoms with Crippen LogP contribution >= 0.6 is 0 Å². The average Bonchev–Trinajstić information content (AvgIpc) is 3.06. The molecule has 2 atom stereocenters. The molecule has 168 valence electrons. The van der Waals surface area contributed by atoms with Crippen molar-refractivity contribution in [3.8, 4) is 0 Å². The minimum atomic E-state index is -1.24. The van der Waals surface area contributed by atoms with Crippen LogP contribution in [0, 0.1) is 0 Å². The summed E-state index contributed by atoms with van der Waals surface area (Å²) in [6, 6.07) is 4.52. The number of nitrogens with zero attached hydrogens (tertiary/aromatic N) is 1. The molecule has 0 saturated carbocycles. The SMILES string of the molecule is O=C(O)CCCCCCCC[S+]([O-])c1cccc2c1CN(C1CCC(=O)NC1=O)C2=O. The quantitative estimate of drug-likeness (QED) is 0.304. The molecule has 0 spiro atoms. The van der Waals surface area contributed by atoms with E-state index in [9.17, 15) is 23.7 Å². The number of hydrogen-bond donors (Lipinski definition) is 2. The Kier molecular flexibility index (Phi) is 8.09. The molecule has 2 heterocycles. The van der Waals surface area contributed by atoms with E-state index in [0.29, 0.717) is 34.6 Å². The summed E-state index contributed by atoms with van der Waals surface area (Å²) in [4.78, 5) is 49.1. The number of nitrogens with one attached hydrogen (secondary N) is 1. The maximum atomic E-state index is 12.9. The van der Waals surface area contributed by atoms with Crippen LogP contribution < -0.4 is 5.32 Å². The van der Waals surface area contributed by atoms with Crippen LogP contribution in [0.5, 0.6) is 0 Å². The van der Waals surface area contributed by atoms with E-state index in [1.807, 2.05) is 0 Å². The average molecular weight is 449 g/mol. The predicted octanol–water partition coefficient (Wildman–Crippen LogP) is 2.37. The molecule has 2 unspecified atom stereocenters. The molecule has 2 N–H and O–H groups in total. The van der Waals surface area contributed by atoms with Crippen LogP contribution in [-0.2, 0) is 32.1 Å². The summed E-state index contributed by atoms with van der Waals surface area (Å²) in [6.45, 7) is 0.228. The zero-order valence-corrected chi connectivity index (χ0v) is 18.2. The Morgan fingerprint density at radius 1 is 1.13 bits per heavy atom. The Labute approximate surface area is 184 Å². The first-order valence-electron chi connectivity index (χ1n) is 10.7. The molecule has 0 aromatic heterocycles. The fraction of sp³-hybridized carbons (Fsp3) is 0.545. The van der Waals surface area contributed by atoms with Gasteiger partial charge in [0.25, 0.3) is 5.91 Å². The number of carbonyl (C=O) groups excluding carboxylic acids is 3. The van der Waals surface area contributed by atoms with Crippen molar-refractivity contribution in [2.75, 3.05) is 5.75 Å². The molecule has 3 rings (SSSR count). The molecular weight excluding hydrogens is 420 g/mol. The first-order chi connectivity index (χ1) is 14.9. The van der Waals surface area contributed by atoms with Gasteiger partial charge in [0.2, 0.25) is 11.8 Å². The number of imide groups is 1. The third kappa shape index (κ3) is 5.86. The van der Waals surface area contributed by atoms with Gasteiger partial charge in [-0.15, -0.1) is 0 Å². The highest BCUT2D eigenvalue weighted by Gasteiger charge is 2.41. The molecule has 1 saturated heterocycles. The summed E-state index contributed by atoms with van der Waals surface area (Å²) in [6.07, 6.45) is 5.95. The Morgan fingerprint density at radius 2 is 1.84 bits per heavy atom. The lowest BCUT2D eigenvalue weighted by Gasteiger charge is -2.29. The molecular formula is C22H28N2O6S. The molecule has 1 aromatic carbocycles. The van der Waals surface area contributed by atoms with Crippen LogP contribution in [-0.4, -0.2) is 50.0 Å². The molecule has 0 aliphatic carbocycles. The van der Waals surface area contributed by atoms with Gasteiger partial charge in [0.05, 0.1) is 6.54 Å². The minimum absolute atomic E-state index is 0.200. The number of unbranched alkanes of at least 4 members (excludes halogenated alkanes) is 5. The molecule has 0 radical (unpaired) electrons. The summed E-state index contributed by atoms with van der Waals surface area (Å²) in [5, 5.41) is 10.9. The third-order valence-electron chi connectivity index (χ3n) is 5.75. The van der Waals surface area contributed by atoms with E-state index in [1.54, 1.807) is 18.2 Å². The molecule has 1 fully saturated rings. The Hall–Kier alpha value is -2.39. The van der Waals surface area contributed by atoms with Crippen LogP contribution in [0.4, 0.5) is 0 Å². The van der Waals surface area contributed by atoms with Crippen molar-refractivity contribution in [1.82, 2.24) is 10.2 Å². The van der Waals surface area contributed by atoms with Gasteiger partial charge < -0.3 is 14.6 Å². The number of aliphatic carboxylic acids is 1. The van der Waals surface area contributed by atoms with Crippen molar-refractivity contribution >= 4 is 34.9 Å². The number of piperidine rings is 1. The Morgan fingerprint density at radius 3 is 2.55 bits per heavy atom. The largest absolute Gasteiger partial charge is 0.611 e. The number of carboxylic acids is 1. The Bertz CT molecular complexity index is 858. The van der Waals surface area contributed by atoms with Gasteiger partial charge >= 0.3 is 5.97 Å². The minimum Gasteiger partial charge on any atom is -0.611 e. The van der Waals surface area contributed by atoms with Crippen LogP contribution in [0.1, 0.15) is 73.7 Å². The topological polar surface area (TPSA) is 127 Å². The van der Waals surface area contributed by atoms with E-state index in [1.165, 1.54) is 4.90 Å². The maximum absolute atomic E-state index is 12.9. The van der Waals surface area contributed by atoms with Gasteiger partial charge in [0.1, 0.15) is 11.8 Å². The molecule has 0 bridgehead atoms. The van der Waals surface area contributed by atoms with Crippen LogP contribution in [0.2, 0.25) is 0 Å². The van der Waals surface area contributed by atoms with Crippen molar-refractivity contribution in [1.29, 1.82) is 0 Å². The van der Waals surface area contributed by atoms with Gasteiger partial charge in [-0.1, -0.05) is 25.3 Å². The monoisotopic (exact) mass is 448 g/mol. The van der Waals surface area contributed by atoms with E-state index in [4.69, 9.17) is 5.11 Å². The van der Waals surface area contributed by atoms with Crippen LogP contribution in [0.15, 0.2) is 23.1 Å². The summed E-state index contributed by atoms with van der Waals surface area (Å²) in [5.41, 5.74) is 1.19. The van der Waals surface area contributed by atoms with E-state index in [2.05, 4.69) is 5.32 Å². The second-order valence-electron chi connectivity index (χ2n) is 8.00. The molecule has 2 aliphatic rings. The summed E-state index contributed by atoms with van der Waals surface area (Å²) >= 11 is -1.24. The fourth-order valence-electron chi connectivity index (χ4n) is 4.10. The lowest BCUT2D eigenvalue weighted by atomic mass is 10.0. The fourth-order valence-corrected chi connectivity index (χ4v) is 5.46. The zero-order valence-electron chi connectivity index (χ0n) is 17.4. The van der Waals surface area contributed by atoms with Gasteiger partial charge in [-0.3, -0.25) is 24.5 Å². The number of hydrogen-bond acceptors (Lipinski definition) is 5. The van der Waals surface area contributed by atoms with Crippen LogP contribution in [0.25, 0.3) is 0 Å². The first kappa shape index (κ1) is 23.3. The zero-order chi connectivity index (χ0) is 22.4. The lowest BCUT2D eigenvalue weighted by Crippen LogP contribution is -2.52. The highest BCUT2D eigenvalue weighted by atomic mass is 32.2. The second-order valence-corrected chi connectivity index (χ2v) is 9.54. The number of carbonyl (C=O) groups is 4. The molecule has 2 aliphatic heterocycles. The smallest absolute Gasteiger partial charge is 0.303 e. The first-order valence-corrected chi connectivity index (χ1v) is 12.1. The van der Waals surface area contributed by atoms with Gasteiger partial charge in [0, 0.05) is 24.0 Å². The van der Waals surface area contributed by atoms with Gasteiger partial charge in [0.15, 0.2) is 4.90 Å². The Balaban J connectivity index is 1.52. The maximum Gasteiger partial charge on any atom is 0.303 e. The number of fused-ring (bicyclic) bond motifs is 1. The van der Waals surface area contributed by atoms with E-state index >= 15 is 0 Å². The molecule has 1 aromatic rings. The van der Waals surface area contributed by atoms with Crippen molar-refractivity contribution in [3.63, 3.8) is 0 Å². The summed E-state index contributed by atoms with van der Waals surface area (Å²) in [7, 11) is 0. The van der Waals surface area contributed by atoms with Crippen molar-refractivity contribution in [2.45, 2.75) is 75.3 Å². The number of carboxylic acid groups (broad SMARTS) is 1. The van der Waals surface area contributed by atoms with Gasteiger partial charge in [-0.2, -0.15) is 0 Å². The second kappa shape index (κ2) is 10.8. The third-order valence-corrected chi connectivity index (χ3v) is 7.29. The van der Waals surface area contributed by atoms with E-state index in [-0.39, 0.29) is 31.2 Å². The van der Waals surface area contributed by atoms with Crippen molar-refractivity contribution in [2.24, 2.45) is 0 Å². The van der Waals surface area contributed by atoms with Gasteiger partial charge in [-0.25, -0.2) is 0 Å². The number of amides is 3. The molecule has 3 amide bonds. The molecule has 31 heavy (non-hydrogen) atoms. The van der Waals surface area contributed by atoms with E-state index in [0.717, 1.165) is 32.1 Å². The van der Waals surface area contributed by atoms with Crippen molar-refractivity contribution in [3.05, 3.63) is 29.3 Å². The number of benzene rings is 1. The summed E-state index contributed by atoms with van der Waals surface area (Å²) < 4.78 is 12.9. The standard InChI is InChI=1S/C22H28N2O6S/c25-19-12-11-17(21(28)23-19)24-14-16-15(22(24)29)8-7-9-18(16)31(30)13-6-4-2-1-3-5-10-20(26)27/h7-9,17H,1-6,10-14H2,(H,26,27)(H,23,25,28). The summed E-state index contributed by atoms with van der Waals surface area (Å²) in [5.74, 6) is -1.30. The normalized spacial score (nSPS) is 19.3. The van der Waals surface area contributed by atoms with Gasteiger partial charge in [-0.05, 0) is 49.0 Å². The van der Waals surface area contributed by atoms with Crippen LogP contribution in [0.3, 0.4) is 0 Å². The molecule has 9 heteroatoms. The molecule has 8 nitrogen and oxygen atoms in total. The van der Waals surface area contributed by atoms with E-state index < -0.39 is 29.1 Å². The number of rotatable bonds is 11. The highest BCUT2D eigenvalue weighted by molar-refractivity contribution is 7.91.